The van der Waals surface area contributed by atoms with Crippen molar-refractivity contribution in [1.29, 1.82) is 0 Å². The number of nitrogens with zero attached hydrogens (tertiary/aromatic N) is 3. The first-order chi connectivity index (χ1) is 10.8. The van der Waals surface area contributed by atoms with Gasteiger partial charge in [0.05, 0.1) is 16.6 Å². The van der Waals surface area contributed by atoms with Gasteiger partial charge in [0.25, 0.3) is 0 Å². The summed E-state index contributed by atoms with van der Waals surface area (Å²) in [6.45, 7) is 6.68. The van der Waals surface area contributed by atoms with Crippen LogP contribution in [0.25, 0.3) is 0 Å². The van der Waals surface area contributed by atoms with Crippen molar-refractivity contribution in [1.82, 2.24) is 14.9 Å². The lowest BCUT2D eigenvalue weighted by Crippen LogP contribution is -2.61. The van der Waals surface area contributed by atoms with Crippen molar-refractivity contribution < 1.29 is 4.79 Å². The van der Waals surface area contributed by atoms with Crippen LogP contribution in [0, 0.1) is 13.8 Å². The molecule has 3 rings (SSSR count). The van der Waals surface area contributed by atoms with Gasteiger partial charge in [-0.2, -0.15) is 0 Å². The molecule has 0 radical (unpaired) electrons. The molecule has 0 saturated carbocycles. The molecule has 1 fully saturated rings. The molecule has 2 aromatic heterocycles. The van der Waals surface area contributed by atoms with Gasteiger partial charge in [-0.25, -0.2) is 4.98 Å². The standard InChI is InChI=1S/C17H22N4OS/c1-11-7-13(8-12(2)20-11)17(14-9-23-10-19-14)5-6-21(4)16(17,3)15(18)22/h7-10H,5-6H2,1-4H3,(H2,18,22). The number of likely N-dealkylation sites (N-methyl/N-ethyl adjacent to an activating group) is 1. The molecule has 6 heteroatoms. The second-order valence-corrected chi connectivity index (χ2v) is 7.24. The van der Waals surface area contributed by atoms with Gasteiger partial charge >= 0.3 is 0 Å². The largest absolute Gasteiger partial charge is 0.368 e. The van der Waals surface area contributed by atoms with Gasteiger partial charge in [-0.1, -0.05) is 0 Å². The number of carbonyl (C=O) groups excluding carboxylic acids is 1. The highest BCUT2D eigenvalue weighted by atomic mass is 32.1. The molecule has 1 aliphatic rings. The maximum Gasteiger partial charge on any atom is 0.238 e. The lowest BCUT2D eigenvalue weighted by atomic mass is 9.64. The van der Waals surface area contributed by atoms with Crippen molar-refractivity contribution in [2.45, 2.75) is 38.1 Å². The molecule has 0 aliphatic carbocycles. The third-order valence-electron chi connectivity index (χ3n) is 5.34. The predicted molar refractivity (Wildman–Crippen MR) is 91.5 cm³/mol. The fourth-order valence-corrected chi connectivity index (χ4v) is 4.61. The summed E-state index contributed by atoms with van der Waals surface area (Å²) >= 11 is 1.54. The number of carbonyl (C=O) groups is 1. The number of likely N-dealkylation sites (tertiary alicyclic amines) is 1. The quantitative estimate of drug-likeness (QED) is 0.934. The summed E-state index contributed by atoms with van der Waals surface area (Å²) in [4.78, 5) is 23.6. The zero-order valence-electron chi connectivity index (χ0n) is 14.0. The number of thiazole rings is 1. The SMILES string of the molecule is Cc1cc(C2(c3cscn3)CCN(C)C2(C)C(N)=O)cc(C)n1. The Bertz CT molecular complexity index is 725. The molecule has 122 valence electrons. The lowest BCUT2D eigenvalue weighted by Gasteiger charge is -2.44. The number of pyridine rings is 1. The molecule has 23 heavy (non-hydrogen) atoms. The van der Waals surface area contributed by atoms with Gasteiger partial charge in [-0.05, 0) is 51.9 Å². The molecule has 2 N–H and O–H groups in total. The Balaban J connectivity index is 2.35. The average Bonchev–Trinajstić information content (AvgIpc) is 3.07. The summed E-state index contributed by atoms with van der Waals surface area (Å²) in [5, 5.41) is 2.03. The van der Waals surface area contributed by atoms with E-state index in [1.165, 1.54) is 0 Å². The average molecular weight is 330 g/mol. The summed E-state index contributed by atoms with van der Waals surface area (Å²) < 4.78 is 0. The third-order valence-corrected chi connectivity index (χ3v) is 5.93. The first-order valence-corrected chi connectivity index (χ1v) is 8.62. The Morgan fingerprint density at radius 2 is 2.00 bits per heavy atom. The summed E-state index contributed by atoms with van der Waals surface area (Å²) in [5.74, 6) is -0.322. The Kier molecular flexibility index (Phi) is 3.77. The molecule has 1 aliphatic heterocycles. The molecular formula is C17H22N4OS. The first kappa shape index (κ1) is 16.1. The van der Waals surface area contributed by atoms with Crippen molar-refractivity contribution in [3.05, 3.63) is 45.7 Å². The van der Waals surface area contributed by atoms with Crippen molar-refractivity contribution >= 4 is 17.2 Å². The number of nitrogens with two attached hydrogens (primary N) is 1. The molecule has 0 aromatic carbocycles. The zero-order chi connectivity index (χ0) is 16.8. The molecule has 1 saturated heterocycles. The van der Waals surface area contributed by atoms with Gasteiger partial charge in [0.15, 0.2) is 0 Å². The van der Waals surface area contributed by atoms with Crippen LogP contribution in [0.3, 0.4) is 0 Å². The number of primary amides is 1. The molecule has 0 bridgehead atoms. The Morgan fingerprint density at radius 1 is 1.35 bits per heavy atom. The minimum atomic E-state index is -0.832. The van der Waals surface area contributed by atoms with Gasteiger partial charge in [0.2, 0.25) is 5.91 Å². The van der Waals surface area contributed by atoms with Crippen LogP contribution in [-0.4, -0.2) is 39.9 Å². The molecule has 0 spiro atoms. The summed E-state index contributed by atoms with van der Waals surface area (Å²) in [7, 11) is 1.96. The maximum atomic E-state index is 12.5. The van der Waals surface area contributed by atoms with E-state index >= 15 is 0 Å². The highest BCUT2D eigenvalue weighted by Gasteiger charge is 2.61. The van der Waals surface area contributed by atoms with Crippen LogP contribution in [0.5, 0.6) is 0 Å². The van der Waals surface area contributed by atoms with Crippen LogP contribution in [-0.2, 0) is 10.2 Å². The van der Waals surface area contributed by atoms with Crippen LogP contribution in [0.1, 0.15) is 36.0 Å². The molecule has 2 aromatic rings. The van der Waals surface area contributed by atoms with Crippen molar-refractivity contribution in [2.75, 3.05) is 13.6 Å². The molecular weight excluding hydrogens is 308 g/mol. The third kappa shape index (κ3) is 2.12. The molecule has 5 nitrogen and oxygen atoms in total. The number of aromatic nitrogens is 2. The summed E-state index contributed by atoms with van der Waals surface area (Å²) in [6.07, 6.45) is 0.801. The van der Waals surface area contributed by atoms with Gasteiger partial charge in [-0.15, -0.1) is 11.3 Å². The monoisotopic (exact) mass is 330 g/mol. The molecule has 2 unspecified atom stereocenters. The maximum absolute atomic E-state index is 12.5. The van der Waals surface area contributed by atoms with Gasteiger partial charge in [0, 0.05) is 23.3 Å². The lowest BCUT2D eigenvalue weighted by molar-refractivity contribution is -0.129. The fourth-order valence-electron chi connectivity index (χ4n) is 3.98. The number of hydrogen-bond donors (Lipinski definition) is 1. The van der Waals surface area contributed by atoms with Crippen molar-refractivity contribution in [3.8, 4) is 0 Å². The molecule has 2 atom stereocenters. The topological polar surface area (TPSA) is 72.1 Å². The Morgan fingerprint density at radius 3 is 2.52 bits per heavy atom. The molecule has 3 heterocycles. The second kappa shape index (κ2) is 5.39. The van der Waals surface area contributed by atoms with E-state index in [0.29, 0.717) is 0 Å². The van der Waals surface area contributed by atoms with E-state index < -0.39 is 11.0 Å². The second-order valence-electron chi connectivity index (χ2n) is 6.53. The van der Waals surface area contributed by atoms with E-state index in [9.17, 15) is 4.79 Å². The Hall–Kier alpha value is -1.79. The zero-order valence-corrected chi connectivity index (χ0v) is 14.8. The normalized spacial score (nSPS) is 28.2. The van der Waals surface area contributed by atoms with E-state index in [0.717, 1.165) is 35.6 Å². The fraction of sp³-hybridized carbons (Fsp3) is 0.471. The van der Waals surface area contributed by atoms with E-state index in [-0.39, 0.29) is 5.91 Å². The highest BCUT2D eigenvalue weighted by Crippen LogP contribution is 2.51. The van der Waals surface area contributed by atoms with E-state index in [4.69, 9.17) is 5.73 Å². The Labute approximate surface area is 140 Å². The van der Waals surface area contributed by atoms with Gasteiger partial charge < -0.3 is 5.73 Å². The minimum Gasteiger partial charge on any atom is -0.368 e. The van der Waals surface area contributed by atoms with E-state index in [2.05, 4.69) is 27.0 Å². The summed E-state index contributed by atoms with van der Waals surface area (Å²) in [5.41, 5.74) is 10.2. The van der Waals surface area contributed by atoms with Crippen molar-refractivity contribution in [3.63, 3.8) is 0 Å². The summed E-state index contributed by atoms with van der Waals surface area (Å²) in [6, 6.07) is 4.12. The predicted octanol–water partition coefficient (Wildman–Crippen LogP) is 2.02. The van der Waals surface area contributed by atoms with Crippen LogP contribution in [0.2, 0.25) is 0 Å². The van der Waals surface area contributed by atoms with Gasteiger partial charge in [0.1, 0.15) is 5.54 Å². The van der Waals surface area contributed by atoms with Crippen LogP contribution < -0.4 is 5.73 Å². The highest BCUT2D eigenvalue weighted by molar-refractivity contribution is 7.07. The van der Waals surface area contributed by atoms with Crippen LogP contribution in [0.4, 0.5) is 0 Å². The van der Waals surface area contributed by atoms with Crippen LogP contribution in [0.15, 0.2) is 23.0 Å². The minimum absolute atomic E-state index is 0.322. The van der Waals surface area contributed by atoms with Crippen molar-refractivity contribution in [2.24, 2.45) is 5.73 Å². The number of amides is 1. The number of aryl methyl sites for hydroxylation is 2. The number of rotatable bonds is 3. The van der Waals surface area contributed by atoms with Crippen LogP contribution >= 0.6 is 11.3 Å². The van der Waals surface area contributed by atoms with E-state index in [1.54, 1.807) is 11.3 Å². The molecule has 1 amide bonds. The first-order valence-electron chi connectivity index (χ1n) is 7.68. The number of hydrogen-bond acceptors (Lipinski definition) is 5. The van der Waals surface area contributed by atoms with E-state index in [1.807, 2.05) is 38.7 Å². The smallest absolute Gasteiger partial charge is 0.238 e. The van der Waals surface area contributed by atoms with Gasteiger partial charge in [-0.3, -0.25) is 14.7 Å².